The molecule has 1 spiro atoms. The zero-order valence-electron chi connectivity index (χ0n) is 11.6. The third-order valence-electron chi connectivity index (χ3n) is 4.42. The van der Waals surface area contributed by atoms with Crippen molar-refractivity contribution in [2.45, 2.75) is 43.6 Å². The summed E-state index contributed by atoms with van der Waals surface area (Å²) in [4.78, 5) is 24.1. The molecule has 1 heterocycles. The summed E-state index contributed by atoms with van der Waals surface area (Å²) in [6, 6.07) is 7.57. The first-order chi connectivity index (χ1) is 9.65. The van der Waals surface area contributed by atoms with Crippen LogP contribution in [0.2, 0.25) is 0 Å². The summed E-state index contributed by atoms with van der Waals surface area (Å²) in [5, 5.41) is 0. The van der Waals surface area contributed by atoms with E-state index in [0.717, 1.165) is 24.2 Å². The van der Waals surface area contributed by atoms with Gasteiger partial charge in [0.15, 0.2) is 11.4 Å². The number of Topliss-reactive ketones (excluding diaryl/α,β-unsaturated/α-hetero) is 1. The Hall–Kier alpha value is -1.84. The number of esters is 1. The van der Waals surface area contributed by atoms with Gasteiger partial charge in [-0.1, -0.05) is 12.1 Å². The van der Waals surface area contributed by atoms with Crippen LogP contribution in [0, 0.1) is 0 Å². The van der Waals surface area contributed by atoms with Crippen molar-refractivity contribution in [1.29, 1.82) is 0 Å². The van der Waals surface area contributed by atoms with Gasteiger partial charge in [0.05, 0.1) is 13.5 Å². The first-order valence-corrected chi connectivity index (χ1v) is 7.05. The molecule has 1 aromatic rings. The van der Waals surface area contributed by atoms with Crippen LogP contribution in [-0.2, 0) is 14.3 Å². The molecule has 2 aliphatic rings. The molecule has 1 aliphatic carbocycles. The van der Waals surface area contributed by atoms with Gasteiger partial charge in [-0.15, -0.1) is 0 Å². The van der Waals surface area contributed by atoms with Crippen molar-refractivity contribution in [2.75, 3.05) is 7.11 Å². The van der Waals surface area contributed by atoms with E-state index in [1.165, 1.54) is 0 Å². The fourth-order valence-electron chi connectivity index (χ4n) is 3.37. The minimum absolute atomic E-state index is 0.0791. The third kappa shape index (κ3) is 1.99. The Morgan fingerprint density at radius 1 is 1.20 bits per heavy atom. The van der Waals surface area contributed by atoms with Gasteiger partial charge in [-0.05, 0) is 37.0 Å². The second-order valence-corrected chi connectivity index (χ2v) is 5.52. The Balaban J connectivity index is 1.96. The molecule has 0 N–H and O–H groups in total. The van der Waals surface area contributed by atoms with Gasteiger partial charge in [-0.2, -0.15) is 0 Å². The molecule has 1 saturated heterocycles. The fourth-order valence-corrected chi connectivity index (χ4v) is 3.37. The average Bonchev–Trinajstić information content (AvgIpc) is 2.80. The summed E-state index contributed by atoms with van der Waals surface area (Å²) in [6.45, 7) is 0. The largest absolute Gasteiger partial charge is 0.497 e. The molecule has 3 rings (SSSR count). The van der Waals surface area contributed by atoms with E-state index in [1.54, 1.807) is 7.11 Å². The lowest BCUT2D eigenvalue weighted by atomic mass is 9.72. The second-order valence-electron chi connectivity index (χ2n) is 5.52. The fraction of sp³-hybridized carbons (Fsp3) is 0.500. The van der Waals surface area contributed by atoms with E-state index >= 15 is 0 Å². The summed E-state index contributed by atoms with van der Waals surface area (Å²) < 4.78 is 10.7. The van der Waals surface area contributed by atoms with Crippen LogP contribution >= 0.6 is 0 Å². The molecule has 0 unspecified atom stereocenters. The van der Waals surface area contributed by atoms with Gasteiger partial charge < -0.3 is 9.47 Å². The van der Waals surface area contributed by atoms with E-state index < -0.39 is 5.60 Å². The van der Waals surface area contributed by atoms with Crippen molar-refractivity contribution in [3.63, 3.8) is 0 Å². The number of benzene rings is 1. The third-order valence-corrected chi connectivity index (χ3v) is 4.42. The van der Waals surface area contributed by atoms with Gasteiger partial charge in [-0.25, -0.2) is 0 Å². The molecular weight excluding hydrogens is 256 g/mol. The Labute approximate surface area is 118 Å². The van der Waals surface area contributed by atoms with E-state index in [9.17, 15) is 9.59 Å². The average molecular weight is 274 g/mol. The van der Waals surface area contributed by atoms with Crippen LogP contribution in [0.25, 0.3) is 0 Å². The van der Waals surface area contributed by atoms with E-state index in [0.29, 0.717) is 12.8 Å². The molecule has 20 heavy (non-hydrogen) atoms. The van der Waals surface area contributed by atoms with Crippen molar-refractivity contribution in [3.05, 3.63) is 29.8 Å². The highest BCUT2D eigenvalue weighted by Gasteiger charge is 2.55. The van der Waals surface area contributed by atoms with Crippen LogP contribution in [0.3, 0.4) is 0 Å². The first-order valence-electron chi connectivity index (χ1n) is 7.05. The predicted molar refractivity (Wildman–Crippen MR) is 72.7 cm³/mol. The standard InChI is InChI=1S/C16H18O4/c1-19-12-7-5-11(6-8-12)13-10-15(18)20-16(13)9-3-2-4-14(16)17/h5-8,13H,2-4,9-10H2,1H3/t13-,16-/m0/s1. The highest BCUT2D eigenvalue weighted by Crippen LogP contribution is 2.47. The van der Waals surface area contributed by atoms with Crippen LogP contribution in [0.4, 0.5) is 0 Å². The molecule has 1 aliphatic heterocycles. The molecule has 4 nitrogen and oxygen atoms in total. The topological polar surface area (TPSA) is 52.6 Å². The molecule has 106 valence electrons. The summed E-state index contributed by atoms with van der Waals surface area (Å²) in [5.74, 6) is 0.424. The molecule has 4 heteroatoms. The number of hydrogen-bond acceptors (Lipinski definition) is 4. The van der Waals surface area contributed by atoms with Crippen molar-refractivity contribution in [2.24, 2.45) is 0 Å². The van der Waals surface area contributed by atoms with Crippen molar-refractivity contribution >= 4 is 11.8 Å². The summed E-state index contributed by atoms with van der Waals surface area (Å²) in [7, 11) is 1.61. The van der Waals surface area contributed by atoms with Gasteiger partial charge in [-0.3, -0.25) is 9.59 Å². The van der Waals surface area contributed by atoms with Gasteiger partial charge >= 0.3 is 5.97 Å². The van der Waals surface area contributed by atoms with E-state index in [4.69, 9.17) is 9.47 Å². The molecule has 0 aromatic heterocycles. The maximum atomic E-state index is 12.4. The Morgan fingerprint density at radius 2 is 1.95 bits per heavy atom. The van der Waals surface area contributed by atoms with Gasteiger partial charge in [0.2, 0.25) is 0 Å². The smallest absolute Gasteiger partial charge is 0.307 e. The Morgan fingerprint density at radius 3 is 2.60 bits per heavy atom. The van der Waals surface area contributed by atoms with E-state index in [1.807, 2.05) is 24.3 Å². The molecule has 1 saturated carbocycles. The minimum atomic E-state index is -0.913. The lowest BCUT2D eigenvalue weighted by Gasteiger charge is -2.35. The Bertz CT molecular complexity index is 534. The lowest BCUT2D eigenvalue weighted by molar-refractivity contribution is -0.160. The number of ether oxygens (including phenoxy) is 2. The van der Waals surface area contributed by atoms with Crippen molar-refractivity contribution < 1.29 is 19.1 Å². The quantitative estimate of drug-likeness (QED) is 0.778. The van der Waals surface area contributed by atoms with Crippen LogP contribution < -0.4 is 4.74 Å². The number of carbonyl (C=O) groups is 2. The predicted octanol–water partition coefficient (Wildman–Crippen LogP) is 2.61. The van der Waals surface area contributed by atoms with Crippen LogP contribution in [-0.4, -0.2) is 24.5 Å². The normalized spacial score (nSPS) is 29.6. The number of hydrogen-bond donors (Lipinski definition) is 0. The monoisotopic (exact) mass is 274 g/mol. The maximum Gasteiger partial charge on any atom is 0.307 e. The number of carbonyl (C=O) groups excluding carboxylic acids is 2. The first kappa shape index (κ1) is 13.2. The highest BCUT2D eigenvalue weighted by molar-refractivity contribution is 5.94. The SMILES string of the molecule is COc1ccc([C@@H]2CC(=O)O[C@@]23CCCCC3=O)cc1. The van der Waals surface area contributed by atoms with Crippen molar-refractivity contribution in [1.82, 2.24) is 0 Å². The molecule has 2 atom stereocenters. The zero-order valence-corrected chi connectivity index (χ0v) is 11.6. The van der Waals surface area contributed by atoms with Gasteiger partial charge in [0.1, 0.15) is 5.75 Å². The molecule has 0 bridgehead atoms. The van der Waals surface area contributed by atoms with E-state index in [2.05, 4.69) is 0 Å². The highest BCUT2D eigenvalue weighted by atomic mass is 16.6. The van der Waals surface area contributed by atoms with Gasteiger partial charge in [0.25, 0.3) is 0 Å². The number of methoxy groups -OCH3 is 1. The minimum Gasteiger partial charge on any atom is -0.497 e. The van der Waals surface area contributed by atoms with E-state index in [-0.39, 0.29) is 24.1 Å². The van der Waals surface area contributed by atoms with Crippen LogP contribution in [0.5, 0.6) is 5.75 Å². The maximum absolute atomic E-state index is 12.4. The van der Waals surface area contributed by atoms with Gasteiger partial charge in [0, 0.05) is 12.3 Å². The lowest BCUT2D eigenvalue weighted by Crippen LogP contribution is -2.45. The Kier molecular flexibility index (Phi) is 3.24. The second kappa shape index (κ2) is 4.93. The molecule has 0 radical (unpaired) electrons. The molecular formula is C16H18O4. The summed E-state index contributed by atoms with van der Waals surface area (Å²) in [6.07, 6.45) is 3.28. The van der Waals surface area contributed by atoms with Crippen molar-refractivity contribution in [3.8, 4) is 5.75 Å². The summed E-state index contributed by atoms with van der Waals surface area (Å²) >= 11 is 0. The zero-order chi connectivity index (χ0) is 14.2. The van der Waals surface area contributed by atoms with Crippen LogP contribution in [0.1, 0.15) is 43.6 Å². The number of ketones is 1. The molecule has 2 fully saturated rings. The summed E-state index contributed by atoms with van der Waals surface area (Å²) in [5.41, 5.74) is 0.0658. The molecule has 1 aromatic carbocycles. The molecule has 0 amide bonds. The number of rotatable bonds is 2. The van der Waals surface area contributed by atoms with Crippen LogP contribution in [0.15, 0.2) is 24.3 Å².